The lowest BCUT2D eigenvalue weighted by Gasteiger charge is -2.29. The Balaban J connectivity index is 1.72. The zero-order valence-electron chi connectivity index (χ0n) is 12.1. The van der Waals surface area contributed by atoms with Crippen molar-refractivity contribution in [3.8, 4) is 5.75 Å². The second-order valence-corrected chi connectivity index (χ2v) is 6.25. The molecule has 1 heterocycles. The molecule has 1 N–H and O–H groups in total. The van der Waals surface area contributed by atoms with Crippen molar-refractivity contribution in [2.75, 3.05) is 25.0 Å². The number of amides is 1. The number of alkyl halides is 1. The van der Waals surface area contributed by atoms with Crippen LogP contribution in [0.3, 0.4) is 0 Å². The van der Waals surface area contributed by atoms with Crippen LogP contribution in [0.4, 0.5) is 4.79 Å². The third-order valence-corrected chi connectivity index (χ3v) is 4.45. The highest BCUT2D eigenvalue weighted by Crippen LogP contribution is 2.20. The Morgan fingerprint density at radius 1 is 1.29 bits per heavy atom. The zero-order valence-corrected chi connectivity index (χ0v) is 13.7. The molecule has 1 fully saturated rings. The first kappa shape index (κ1) is 16.1. The third-order valence-electron chi connectivity index (χ3n) is 3.89. The van der Waals surface area contributed by atoms with Crippen LogP contribution >= 0.6 is 15.9 Å². The second-order valence-electron chi connectivity index (χ2n) is 5.46. The molecule has 116 valence electrons. The van der Waals surface area contributed by atoms with Crippen molar-refractivity contribution < 1.29 is 14.6 Å². The summed E-state index contributed by atoms with van der Waals surface area (Å²) >= 11 is 3.44. The number of likely N-dealkylation sites (tertiary alicyclic amines) is 1. The Bertz CT molecular complexity index is 441. The summed E-state index contributed by atoms with van der Waals surface area (Å²) in [5, 5.41) is 9.94. The van der Waals surface area contributed by atoms with E-state index in [1.807, 2.05) is 12.1 Å². The first-order valence-electron chi connectivity index (χ1n) is 7.44. The van der Waals surface area contributed by atoms with Crippen molar-refractivity contribution in [3.63, 3.8) is 0 Å². The van der Waals surface area contributed by atoms with Crippen LogP contribution < -0.4 is 4.74 Å². The molecule has 0 aliphatic carbocycles. The molecule has 0 aromatic heterocycles. The summed E-state index contributed by atoms with van der Waals surface area (Å²) in [5.74, 6) is 1.35. The van der Waals surface area contributed by atoms with Gasteiger partial charge in [0.05, 0.1) is 6.61 Å². The van der Waals surface area contributed by atoms with Gasteiger partial charge in [-0.3, -0.25) is 0 Å². The number of carbonyl (C=O) groups is 1. The maximum absolute atomic E-state index is 10.8. The smallest absolute Gasteiger partial charge is 0.407 e. The highest BCUT2D eigenvalue weighted by atomic mass is 79.9. The Morgan fingerprint density at radius 2 is 1.95 bits per heavy atom. The van der Waals surface area contributed by atoms with Crippen LogP contribution in [0.15, 0.2) is 24.3 Å². The summed E-state index contributed by atoms with van der Waals surface area (Å²) in [6.45, 7) is 1.91. The van der Waals surface area contributed by atoms with Gasteiger partial charge < -0.3 is 14.7 Å². The molecule has 4 nitrogen and oxygen atoms in total. The van der Waals surface area contributed by atoms with Crippen LogP contribution in [-0.2, 0) is 6.42 Å². The SMILES string of the molecule is O=C(O)N1CCC(COc2ccc(CCCBr)cc2)CC1. The summed E-state index contributed by atoms with van der Waals surface area (Å²) in [7, 11) is 0. The van der Waals surface area contributed by atoms with E-state index in [1.54, 1.807) is 0 Å². The van der Waals surface area contributed by atoms with Crippen LogP contribution in [0.25, 0.3) is 0 Å². The molecule has 0 spiro atoms. The molecule has 1 aromatic carbocycles. The highest BCUT2D eigenvalue weighted by Gasteiger charge is 2.22. The van der Waals surface area contributed by atoms with E-state index in [-0.39, 0.29) is 0 Å². The first-order valence-corrected chi connectivity index (χ1v) is 8.56. The standard InChI is InChI=1S/C16H22BrNO3/c17-9-1-2-13-3-5-15(6-4-13)21-12-14-7-10-18(11-8-14)16(19)20/h3-6,14H,1-2,7-12H2,(H,19,20). The van der Waals surface area contributed by atoms with Gasteiger partial charge in [0.2, 0.25) is 0 Å². The topological polar surface area (TPSA) is 49.8 Å². The van der Waals surface area contributed by atoms with Gasteiger partial charge in [-0.25, -0.2) is 4.79 Å². The number of ether oxygens (including phenoxy) is 1. The average Bonchev–Trinajstić information content (AvgIpc) is 2.52. The number of hydrogen-bond acceptors (Lipinski definition) is 2. The number of rotatable bonds is 6. The fourth-order valence-electron chi connectivity index (χ4n) is 2.53. The van der Waals surface area contributed by atoms with Gasteiger partial charge >= 0.3 is 6.09 Å². The molecule has 0 saturated carbocycles. The van der Waals surface area contributed by atoms with Crippen molar-refractivity contribution in [1.82, 2.24) is 4.90 Å². The van der Waals surface area contributed by atoms with Gasteiger partial charge in [-0.15, -0.1) is 0 Å². The lowest BCUT2D eigenvalue weighted by Crippen LogP contribution is -2.38. The van der Waals surface area contributed by atoms with Crippen molar-refractivity contribution in [2.45, 2.75) is 25.7 Å². The van der Waals surface area contributed by atoms with Crippen LogP contribution in [0.1, 0.15) is 24.8 Å². The van der Waals surface area contributed by atoms with Crippen molar-refractivity contribution >= 4 is 22.0 Å². The van der Waals surface area contributed by atoms with Crippen LogP contribution in [0, 0.1) is 5.92 Å². The molecule has 2 rings (SSSR count). The minimum absolute atomic E-state index is 0.452. The van der Waals surface area contributed by atoms with E-state index >= 15 is 0 Å². The molecule has 1 aliphatic rings. The summed E-state index contributed by atoms with van der Waals surface area (Å²) in [4.78, 5) is 12.3. The van der Waals surface area contributed by atoms with E-state index in [0.29, 0.717) is 25.6 Å². The normalized spacial score (nSPS) is 16.0. The molecule has 1 amide bonds. The molecule has 5 heteroatoms. The Morgan fingerprint density at radius 3 is 2.52 bits per heavy atom. The molecule has 1 saturated heterocycles. The van der Waals surface area contributed by atoms with E-state index in [4.69, 9.17) is 9.84 Å². The molecular weight excluding hydrogens is 334 g/mol. The van der Waals surface area contributed by atoms with Crippen LogP contribution in [0.2, 0.25) is 0 Å². The van der Waals surface area contributed by atoms with Gasteiger partial charge in [-0.05, 0) is 49.3 Å². The number of aryl methyl sites for hydroxylation is 1. The van der Waals surface area contributed by atoms with E-state index in [1.165, 1.54) is 10.5 Å². The third kappa shape index (κ3) is 5.23. The van der Waals surface area contributed by atoms with E-state index < -0.39 is 6.09 Å². The Labute approximate surface area is 134 Å². The summed E-state index contributed by atoms with van der Waals surface area (Å²) in [6.07, 6.45) is 3.18. The maximum Gasteiger partial charge on any atom is 0.407 e. The number of benzene rings is 1. The zero-order chi connectivity index (χ0) is 15.1. The van der Waals surface area contributed by atoms with E-state index in [0.717, 1.165) is 36.8 Å². The molecule has 1 aromatic rings. The molecule has 0 radical (unpaired) electrons. The van der Waals surface area contributed by atoms with Gasteiger partial charge in [0.1, 0.15) is 5.75 Å². The quantitative estimate of drug-likeness (QED) is 0.789. The molecule has 21 heavy (non-hydrogen) atoms. The van der Waals surface area contributed by atoms with E-state index in [2.05, 4.69) is 28.1 Å². The fraction of sp³-hybridized carbons (Fsp3) is 0.562. The minimum atomic E-state index is -0.812. The van der Waals surface area contributed by atoms with Gasteiger partial charge in [-0.2, -0.15) is 0 Å². The van der Waals surface area contributed by atoms with Gasteiger partial charge in [-0.1, -0.05) is 28.1 Å². The highest BCUT2D eigenvalue weighted by molar-refractivity contribution is 9.09. The molecule has 0 unspecified atom stereocenters. The number of nitrogens with zero attached hydrogens (tertiary/aromatic N) is 1. The van der Waals surface area contributed by atoms with Crippen LogP contribution in [0.5, 0.6) is 5.75 Å². The maximum atomic E-state index is 10.8. The summed E-state index contributed by atoms with van der Waals surface area (Å²) < 4.78 is 5.83. The largest absolute Gasteiger partial charge is 0.493 e. The number of hydrogen-bond donors (Lipinski definition) is 1. The number of halogens is 1. The van der Waals surface area contributed by atoms with Crippen molar-refractivity contribution in [2.24, 2.45) is 5.92 Å². The summed E-state index contributed by atoms with van der Waals surface area (Å²) in [5.41, 5.74) is 1.33. The Hall–Kier alpha value is -1.23. The lowest BCUT2D eigenvalue weighted by atomic mass is 9.98. The fourth-order valence-corrected chi connectivity index (χ4v) is 2.81. The molecule has 0 atom stereocenters. The summed E-state index contributed by atoms with van der Waals surface area (Å²) in [6, 6.07) is 8.28. The van der Waals surface area contributed by atoms with Gasteiger partial charge in [0, 0.05) is 18.4 Å². The Kier molecular flexibility index (Phi) is 6.36. The van der Waals surface area contributed by atoms with E-state index in [9.17, 15) is 4.79 Å². The predicted octanol–water partition coefficient (Wildman–Crippen LogP) is 3.78. The average molecular weight is 356 g/mol. The minimum Gasteiger partial charge on any atom is -0.493 e. The first-order chi connectivity index (χ1) is 10.2. The second kappa shape index (κ2) is 8.27. The van der Waals surface area contributed by atoms with Gasteiger partial charge in [0.15, 0.2) is 0 Å². The van der Waals surface area contributed by atoms with Crippen LogP contribution in [-0.4, -0.2) is 41.1 Å². The lowest BCUT2D eigenvalue weighted by molar-refractivity contribution is 0.111. The van der Waals surface area contributed by atoms with Crippen molar-refractivity contribution in [1.29, 1.82) is 0 Å². The molecular formula is C16H22BrNO3. The molecule has 1 aliphatic heterocycles. The van der Waals surface area contributed by atoms with Gasteiger partial charge in [0.25, 0.3) is 0 Å². The molecule has 0 bridgehead atoms. The number of piperidine rings is 1. The monoisotopic (exact) mass is 355 g/mol. The van der Waals surface area contributed by atoms with Crippen molar-refractivity contribution in [3.05, 3.63) is 29.8 Å². The number of carboxylic acid groups (broad SMARTS) is 1. The predicted molar refractivity (Wildman–Crippen MR) is 86.4 cm³/mol.